The topological polar surface area (TPSA) is 3.24 Å². The van der Waals surface area contributed by atoms with Crippen LogP contribution in [-0.2, 0) is 17.0 Å². The third kappa shape index (κ3) is 4.01. The Kier molecular flexibility index (Phi) is 6.54. The van der Waals surface area contributed by atoms with Gasteiger partial charge in [0.15, 0.2) is 0 Å². The summed E-state index contributed by atoms with van der Waals surface area (Å²) in [6.07, 6.45) is -0.610. The van der Waals surface area contributed by atoms with Gasteiger partial charge in [-0.1, -0.05) is 135 Å². The Morgan fingerprint density at radius 3 is 1.96 bits per heavy atom. The van der Waals surface area contributed by atoms with E-state index in [1.54, 1.807) is 6.07 Å². The average molecular weight is 686 g/mol. The Hall–Kier alpha value is -5.35. The maximum atomic E-state index is 14.2. The van der Waals surface area contributed by atoms with Crippen molar-refractivity contribution in [2.24, 2.45) is 0 Å². The van der Waals surface area contributed by atoms with Gasteiger partial charge in [0.2, 0.25) is 0 Å². The molecule has 4 heteroatoms. The normalized spacial score (nSPS) is 21.5. The van der Waals surface area contributed by atoms with E-state index >= 15 is 0 Å². The van der Waals surface area contributed by atoms with E-state index in [1.165, 1.54) is 67.1 Å². The smallest absolute Gasteiger partial charge is 0.334 e. The first kappa shape index (κ1) is 31.4. The summed E-state index contributed by atoms with van der Waals surface area (Å²) in [7, 11) is 0. The minimum Gasteiger partial charge on any atom is -0.334 e. The number of halogens is 3. The van der Waals surface area contributed by atoms with Crippen molar-refractivity contribution in [2.75, 3.05) is 4.90 Å². The van der Waals surface area contributed by atoms with E-state index in [1.807, 2.05) is 0 Å². The molecular weight excluding hydrogens is 648 g/mol. The van der Waals surface area contributed by atoms with Crippen LogP contribution >= 0.6 is 0 Å². The molecule has 0 bridgehead atoms. The average Bonchev–Trinajstić information content (AvgIpc) is 3.58. The molecule has 1 saturated carbocycles. The zero-order valence-corrected chi connectivity index (χ0v) is 29.3. The molecule has 2 unspecified atom stereocenters. The zero-order chi connectivity index (χ0) is 35.5. The summed E-state index contributed by atoms with van der Waals surface area (Å²) in [6.45, 7) is 4.48. The first-order chi connectivity index (χ1) is 25.2. The Morgan fingerprint density at radius 2 is 1.23 bits per heavy atom. The summed E-state index contributed by atoms with van der Waals surface area (Å²) >= 11 is 0. The zero-order valence-electron chi connectivity index (χ0n) is 29.3. The molecule has 0 radical (unpaired) electrons. The lowest BCUT2D eigenvalue weighted by Crippen LogP contribution is -2.54. The van der Waals surface area contributed by atoms with Crippen LogP contribution in [0.15, 0.2) is 146 Å². The molecule has 1 aliphatic heterocycles. The van der Waals surface area contributed by atoms with E-state index in [2.05, 4.69) is 146 Å². The number of alkyl halides is 3. The molecule has 0 aromatic heterocycles. The number of hydrogen-bond donors (Lipinski definition) is 0. The Labute approximate surface area is 302 Å². The molecule has 52 heavy (non-hydrogen) atoms. The summed E-state index contributed by atoms with van der Waals surface area (Å²) in [5.74, 6) is 0. The van der Waals surface area contributed by atoms with Gasteiger partial charge in [0.05, 0.1) is 16.5 Å². The van der Waals surface area contributed by atoms with Crippen molar-refractivity contribution in [1.82, 2.24) is 0 Å². The molecule has 0 saturated heterocycles. The molecule has 10 rings (SSSR count). The van der Waals surface area contributed by atoms with Crippen molar-refractivity contribution in [1.29, 1.82) is 0 Å². The Bertz CT molecular complexity index is 2510. The van der Waals surface area contributed by atoms with Gasteiger partial charge < -0.3 is 4.90 Å². The van der Waals surface area contributed by atoms with Crippen LogP contribution in [-0.4, -0.2) is 5.54 Å². The lowest BCUT2D eigenvalue weighted by Gasteiger charge is -2.50. The minimum atomic E-state index is -4.40. The number of anilines is 2. The van der Waals surface area contributed by atoms with Crippen molar-refractivity contribution in [3.8, 4) is 11.1 Å². The largest absolute Gasteiger partial charge is 0.416 e. The molecule has 2 aliphatic carbocycles. The van der Waals surface area contributed by atoms with Crippen LogP contribution in [0.2, 0.25) is 0 Å². The standard InChI is InChI=1S/C48H38F3N/c1-45-27-11-12-28-46(45,2)52(43-26-20-34(29-42(43)45)48(49,50)51)35-21-23-39-41(30-35)47(32-14-5-3-6-15-32,33-16-7-4-8-17-33)40-25-24-37-36-18-10-9-13-31(36)19-22-38(37)44(39)40/h3-10,13-26,29-30H,11-12,27-28H2,1-2H3. The van der Waals surface area contributed by atoms with Crippen LogP contribution < -0.4 is 4.90 Å². The van der Waals surface area contributed by atoms with Gasteiger partial charge in [0, 0.05) is 16.8 Å². The summed E-state index contributed by atoms with van der Waals surface area (Å²) in [4.78, 5) is 2.40. The second-order valence-corrected chi connectivity index (χ2v) is 15.5. The highest BCUT2D eigenvalue weighted by atomic mass is 19.4. The Balaban J connectivity index is 1.30. The highest BCUT2D eigenvalue weighted by Crippen LogP contribution is 2.63. The van der Waals surface area contributed by atoms with Gasteiger partial charge in [-0.2, -0.15) is 13.2 Å². The molecule has 2 atom stereocenters. The number of fused-ring (bicyclic) bond motifs is 10. The van der Waals surface area contributed by atoms with E-state index < -0.39 is 28.1 Å². The summed E-state index contributed by atoms with van der Waals surface area (Å²) in [5.41, 5.74) is 7.92. The van der Waals surface area contributed by atoms with E-state index in [-0.39, 0.29) is 0 Å². The van der Waals surface area contributed by atoms with E-state index in [4.69, 9.17) is 0 Å². The third-order valence-corrected chi connectivity index (χ3v) is 13.1. The van der Waals surface area contributed by atoms with Crippen molar-refractivity contribution >= 4 is 32.9 Å². The molecule has 1 heterocycles. The minimum absolute atomic E-state index is 0.398. The molecule has 1 fully saturated rings. The van der Waals surface area contributed by atoms with Crippen molar-refractivity contribution in [3.05, 3.63) is 179 Å². The van der Waals surface area contributed by atoms with Gasteiger partial charge in [-0.05, 0) is 111 Å². The quantitative estimate of drug-likeness (QED) is 0.167. The molecule has 7 aromatic rings. The number of rotatable bonds is 3. The van der Waals surface area contributed by atoms with Crippen LogP contribution in [0, 0.1) is 0 Å². The monoisotopic (exact) mass is 685 g/mol. The molecule has 7 aromatic carbocycles. The molecule has 0 spiro atoms. The maximum absolute atomic E-state index is 14.2. The molecule has 1 nitrogen and oxygen atoms in total. The fourth-order valence-corrected chi connectivity index (χ4v) is 10.5. The van der Waals surface area contributed by atoms with Crippen LogP contribution in [0.1, 0.15) is 72.9 Å². The van der Waals surface area contributed by atoms with Crippen LogP contribution in [0.5, 0.6) is 0 Å². The van der Waals surface area contributed by atoms with Crippen molar-refractivity contribution in [2.45, 2.75) is 62.1 Å². The molecule has 256 valence electrons. The summed E-state index contributed by atoms with van der Waals surface area (Å²) < 4.78 is 42.6. The van der Waals surface area contributed by atoms with Crippen LogP contribution in [0.25, 0.3) is 32.7 Å². The number of benzene rings is 7. The molecular formula is C48H38F3N. The van der Waals surface area contributed by atoms with Gasteiger partial charge in [0.1, 0.15) is 0 Å². The highest BCUT2D eigenvalue weighted by molar-refractivity contribution is 6.14. The fourth-order valence-electron chi connectivity index (χ4n) is 10.5. The van der Waals surface area contributed by atoms with Crippen LogP contribution in [0.4, 0.5) is 24.5 Å². The fraction of sp³-hybridized carbons (Fsp3) is 0.208. The van der Waals surface area contributed by atoms with Gasteiger partial charge in [-0.15, -0.1) is 0 Å². The first-order valence-corrected chi connectivity index (χ1v) is 18.4. The molecule has 0 amide bonds. The SMILES string of the molecule is CC12CCCCC1(C)N(c1ccc3c(c1)C(c1ccccc1)(c1ccccc1)c1ccc4c(ccc5ccccc54)c1-3)c1ccc(C(F)(F)F)cc12. The summed E-state index contributed by atoms with van der Waals surface area (Å²) in [5, 5.41) is 4.89. The van der Waals surface area contributed by atoms with Gasteiger partial charge in [-0.3, -0.25) is 0 Å². The number of hydrogen-bond acceptors (Lipinski definition) is 1. The number of nitrogens with zero attached hydrogens (tertiary/aromatic N) is 1. The second-order valence-electron chi connectivity index (χ2n) is 15.5. The van der Waals surface area contributed by atoms with E-state index in [0.717, 1.165) is 42.6 Å². The third-order valence-electron chi connectivity index (χ3n) is 13.1. The summed E-state index contributed by atoms with van der Waals surface area (Å²) in [6, 6.07) is 50.7. The van der Waals surface area contributed by atoms with Gasteiger partial charge in [-0.25, -0.2) is 0 Å². The first-order valence-electron chi connectivity index (χ1n) is 18.4. The maximum Gasteiger partial charge on any atom is 0.416 e. The van der Waals surface area contributed by atoms with Crippen molar-refractivity contribution < 1.29 is 13.2 Å². The molecule has 3 aliphatic rings. The van der Waals surface area contributed by atoms with Gasteiger partial charge in [0.25, 0.3) is 0 Å². The predicted octanol–water partition coefficient (Wildman–Crippen LogP) is 13.1. The Morgan fingerprint density at radius 1 is 0.558 bits per heavy atom. The van der Waals surface area contributed by atoms with Gasteiger partial charge >= 0.3 is 6.18 Å². The highest BCUT2D eigenvalue weighted by Gasteiger charge is 2.58. The lowest BCUT2D eigenvalue weighted by atomic mass is 9.61. The van der Waals surface area contributed by atoms with Crippen molar-refractivity contribution in [3.63, 3.8) is 0 Å². The second kappa shape index (κ2) is 10.8. The van der Waals surface area contributed by atoms with E-state index in [9.17, 15) is 13.2 Å². The van der Waals surface area contributed by atoms with Crippen LogP contribution in [0.3, 0.4) is 0 Å². The lowest BCUT2D eigenvalue weighted by molar-refractivity contribution is -0.137. The predicted molar refractivity (Wildman–Crippen MR) is 207 cm³/mol. The van der Waals surface area contributed by atoms with E-state index in [0.29, 0.717) is 0 Å². The molecule has 0 N–H and O–H groups in total.